The summed E-state index contributed by atoms with van der Waals surface area (Å²) in [5, 5.41) is 13.8. The molecule has 2 atom stereocenters. The van der Waals surface area contributed by atoms with E-state index in [4.69, 9.17) is 9.26 Å². The summed E-state index contributed by atoms with van der Waals surface area (Å²) in [5.74, 6) is 1.45. The van der Waals surface area contributed by atoms with E-state index in [2.05, 4.69) is 10.1 Å². The van der Waals surface area contributed by atoms with Crippen molar-refractivity contribution in [2.45, 2.75) is 39.2 Å². The number of methoxy groups -OCH3 is 1. The molecule has 2 unspecified atom stereocenters. The molecule has 0 aliphatic carbocycles. The fourth-order valence-corrected chi connectivity index (χ4v) is 2.03. The first kappa shape index (κ1) is 14.5. The Balaban J connectivity index is 2.33. The van der Waals surface area contributed by atoms with Crippen molar-refractivity contribution in [1.29, 1.82) is 0 Å². The van der Waals surface area contributed by atoms with Crippen molar-refractivity contribution in [3.05, 3.63) is 29.7 Å². The van der Waals surface area contributed by atoms with Crippen LogP contribution in [0.15, 0.2) is 22.7 Å². The van der Waals surface area contributed by atoms with Gasteiger partial charge in [0.2, 0.25) is 11.7 Å². The largest absolute Gasteiger partial charge is 0.496 e. The molecule has 0 aliphatic heterocycles. The van der Waals surface area contributed by atoms with Crippen LogP contribution < -0.4 is 4.74 Å². The lowest BCUT2D eigenvalue weighted by Gasteiger charge is -2.11. The number of rotatable bonds is 5. The minimum absolute atomic E-state index is 0.183. The van der Waals surface area contributed by atoms with E-state index in [0.29, 0.717) is 23.9 Å². The molecule has 0 saturated heterocycles. The zero-order valence-electron chi connectivity index (χ0n) is 12.3. The molecule has 1 aromatic carbocycles. The monoisotopic (exact) mass is 276 g/mol. The highest BCUT2D eigenvalue weighted by Gasteiger charge is 2.22. The number of aliphatic hydroxyl groups excluding tert-OH is 1. The SMILES string of the molecule is CCC(O)C(C)c1nc(-c2ccc(C)cc2OC)no1. The lowest BCUT2D eigenvalue weighted by atomic mass is 10.0. The topological polar surface area (TPSA) is 68.4 Å². The van der Waals surface area contributed by atoms with Crippen LogP contribution in [0.1, 0.15) is 37.6 Å². The average Bonchev–Trinajstić information content (AvgIpc) is 2.94. The Morgan fingerprint density at radius 1 is 1.40 bits per heavy atom. The second-order valence-electron chi connectivity index (χ2n) is 4.92. The molecule has 0 saturated carbocycles. The second-order valence-corrected chi connectivity index (χ2v) is 4.92. The Morgan fingerprint density at radius 3 is 2.80 bits per heavy atom. The molecule has 0 fully saturated rings. The number of ether oxygens (including phenoxy) is 1. The van der Waals surface area contributed by atoms with Crippen molar-refractivity contribution in [1.82, 2.24) is 10.1 Å². The van der Waals surface area contributed by atoms with E-state index in [1.807, 2.05) is 39.0 Å². The molecule has 0 spiro atoms. The number of aromatic nitrogens is 2. The Hall–Kier alpha value is -1.88. The minimum atomic E-state index is -0.483. The van der Waals surface area contributed by atoms with Gasteiger partial charge in [-0.15, -0.1) is 0 Å². The summed E-state index contributed by atoms with van der Waals surface area (Å²) in [5.41, 5.74) is 1.88. The first-order valence-electron chi connectivity index (χ1n) is 6.73. The van der Waals surface area contributed by atoms with Crippen molar-refractivity contribution in [3.8, 4) is 17.1 Å². The van der Waals surface area contributed by atoms with E-state index < -0.39 is 6.10 Å². The van der Waals surface area contributed by atoms with Crippen molar-refractivity contribution in [2.24, 2.45) is 0 Å². The maximum absolute atomic E-state index is 9.84. The summed E-state index contributed by atoms with van der Waals surface area (Å²) in [6, 6.07) is 5.80. The zero-order chi connectivity index (χ0) is 14.7. The fourth-order valence-electron chi connectivity index (χ4n) is 2.03. The fraction of sp³-hybridized carbons (Fsp3) is 0.467. The third-order valence-electron chi connectivity index (χ3n) is 3.42. The lowest BCUT2D eigenvalue weighted by molar-refractivity contribution is 0.129. The number of benzene rings is 1. The molecule has 2 aromatic rings. The van der Waals surface area contributed by atoms with Gasteiger partial charge >= 0.3 is 0 Å². The van der Waals surface area contributed by atoms with Crippen LogP contribution in [-0.2, 0) is 0 Å². The highest BCUT2D eigenvalue weighted by molar-refractivity contribution is 5.64. The Labute approximate surface area is 118 Å². The normalized spacial score (nSPS) is 14.1. The molecule has 108 valence electrons. The van der Waals surface area contributed by atoms with E-state index in [0.717, 1.165) is 11.1 Å². The number of aryl methyl sites for hydroxylation is 1. The molecular formula is C15H20N2O3. The van der Waals surface area contributed by atoms with Crippen LogP contribution in [0, 0.1) is 6.92 Å². The molecule has 1 aromatic heterocycles. The van der Waals surface area contributed by atoms with Crippen molar-refractivity contribution in [2.75, 3.05) is 7.11 Å². The molecule has 0 amide bonds. The number of nitrogens with zero attached hydrogens (tertiary/aromatic N) is 2. The summed E-state index contributed by atoms with van der Waals surface area (Å²) in [6.45, 7) is 5.78. The van der Waals surface area contributed by atoms with Crippen molar-refractivity contribution >= 4 is 0 Å². The molecule has 1 heterocycles. The van der Waals surface area contributed by atoms with E-state index in [1.165, 1.54) is 0 Å². The van der Waals surface area contributed by atoms with Crippen LogP contribution in [0.2, 0.25) is 0 Å². The molecule has 2 rings (SSSR count). The van der Waals surface area contributed by atoms with Gasteiger partial charge in [0.15, 0.2) is 0 Å². The third-order valence-corrected chi connectivity index (χ3v) is 3.42. The van der Waals surface area contributed by atoms with Gasteiger partial charge in [0, 0.05) is 0 Å². The quantitative estimate of drug-likeness (QED) is 0.909. The molecule has 5 heteroatoms. The van der Waals surface area contributed by atoms with Crippen LogP contribution in [0.5, 0.6) is 5.75 Å². The van der Waals surface area contributed by atoms with E-state index in [-0.39, 0.29) is 5.92 Å². The summed E-state index contributed by atoms with van der Waals surface area (Å²) in [7, 11) is 1.61. The maximum atomic E-state index is 9.84. The molecule has 0 radical (unpaired) electrons. The summed E-state index contributed by atoms with van der Waals surface area (Å²) in [4.78, 5) is 4.37. The van der Waals surface area contributed by atoms with Gasteiger partial charge in [0.1, 0.15) is 5.75 Å². The van der Waals surface area contributed by atoms with Gasteiger partial charge in [0.25, 0.3) is 0 Å². The maximum Gasteiger partial charge on any atom is 0.232 e. The van der Waals surface area contributed by atoms with Gasteiger partial charge in [0.05, 0.1) is 24.7 Å². The molecule has 20 heavy (non-hydrogen) atoms. The van der Waals surface area contributed by atoms with Crippen LogP contribution in [0.25, 0.3) is 11.4 Å². The predicted molar refractivity (Wildman–Crippen MR) is 75.7 cm³/mol. The second kappa shape index (κ2) is 6.05. The van der Waals surface area contributed by atoms with Gasteiger partial charge in [-0.05, 0) is 31.0 Å². The summed E-state index contributed by atoms with van der Waals surface area (Å²) < 4.78 is 10.6. The van der Waals surface area contributed by atoms with Gasteiger partial charge in [-0.2, -0.15) is 4.98 Å². The molecule has 0 bridgehead atoms. The van der Waals surface area contributed by atoms with Gasteiger partial charge in [-0.25, -0.2) is 0 Å². The molecule has 1 N–H and O–H groups in total. The smallest absolute Gasteiger partial charge is 0.232 e. The highest BCUT2D eigenvalue weighted by atomic mass is 16.5. The van der Waals surface area contributed by atoms with Gasteiger partial charge in [-0.3, -0.25) is 0 Å². The van der Waals surface area contributed by atoms with Gasteiger partial charge < -0.3 is 14.4 Å². The summed E-state index contributed by atoms with van der Waals surface area (Å²) >= 11 is 0. The average molecular weight is 276 g/mol. The van der Waals surface area contributed by atoms with Crippen LogP contribution in [0.4, 0.5) is 0 Å². The molecule has 0 aliphatic rings. The van der Waals surface area contributed by atoms with E-state index in [9.17, 15) is 5.11 Å². The third kappa shape index (κ3) is 2.82. The number of hydrogen-bond donors (Lipinski definition) is 1. The Bertz CT molecular complexity index is 580. The summed E-state index contributed by atoms with van der Waals surface area (Å²) in [6.07, 6.45) is 0.162. The lowest BCUT2D eigenvalue weighted by Crippen LogP contribution is -2.14. The number of aliphatic hydroxyl groups is 1. The van der Waals surface area contributed by atoms with Crippen LogP contribution >= 0.6 is 0 Å². The zero-order valence-corrected chi connectivity index (χ0v) is 12.3. The first-order chi connectivity index (χ1) is 9.56. The first-order valence-corrected chi connectivity index (χ1v) is 6.73. The van der Waals surface area contributed by atoms with Crippen molar-refractivity contribution < 1.29 is 14.4 Å². The highest BCUT2D eigenvalue weighted by Crippen LogP contribution is 2.30. The van der Waals surface area contributed by atoms with Crippen LogP contribution in [-0.4, -0.2) is 28.5 Å². The Kier molecular flexibility index (Phi) is 4.39. The van der Waals surface area contributed by atoms with Crippen LogP contribution in [0.3, 0.4) is 0 Å². The van der Waals surface area contributed by atoms with Crippen molar-refractivity contribution in [3.63, 3.8) is 0 Å². The molecular weight excluding hydrogens is 256 g/mol. The van der Waals surface area contributed by atoms with E-state index in [1.54, 1.807) is 7.11 Å². The number of hydrogen-bond acceptors (Lipinski definition) is 5. The minimum Gasteiger partial charge on any atom is -0.496 e. The standard InChI is InChI=1S/C15H20N2O3/c1-5-12(18)10(3)15-16-14(17-20-15)11-7-6-9(2)8-13(11)19-4/h6-8,10,12,18H,5H2,1-4H3. The van der Waals surface area contributed by atoms with E-state index >= 15 is 0 Å². The molecule has 5 nitrogen and oxygen atoms in total. The van der Waals surface area contributed by atoms with Gasteiger partial charge in [-0.1, -0.05) is 25.1 Å². The Morgan fingerprint density at radius 2 is 2.15 bits per heavy atom. The predicted octanol–water partition coefficient (Wildman–Crippen LogP) is 2.93.